The molecule has 1 aromatic heterocycles. The molecule has 0 aliphatic rings. The van der Waals surface area contributed by atoms with Crippen molar-refractivity contribution in [1.29, 1.82) is 0 Å². The summed E-state index contributed by atoms with van der Waals surface area (Å²) in [7, 11) is 0. The Morgan fingerprint density at radius 1 is 0.885 bits per heavy atom. The highest BCUT2D eigenvalue weighted by molar-refractivity contribution is 5.90. The second-order valence-corrected chi connectivity index (χ2v) is 6.06. The van der Waals surface area contributed by atoms with E-state index in [2.05, 4.69) is 5.32 Å². The summed E-state index contributed by atoms with van der Waals surface area (Å²) in [5.41, 5.74) is 1.32. The molecular formula is C20H19N3O3. The van der Waals surface area contributed by atoms with Crippen molar-refractivity contribution in [2.75, 3.05) is 5.32 Å². The molecule has 6 nitrogen and oxygen atoms in total. The monoisotopic (exact) mass is 349 g/mol. The summed E-state index contributed by atoms with van der Waals surface area (Å²) in [6.07, 6.45) is 2.99. The number of amides is 1. The van der Waals surface area contributed by atoms with E-state index in [1.54, 1.807) is 24.3 Å². The number of benzene rings is 2. The number of carbonyl (C=O) groups excluding carboxylic acids is 1. The smallest absolute Gasteiger partial charge is 0.316 e. The Morgan fingerprint density at radius 3 is 2.19 bits per heavy atom. The van der Waals surface area contributed by atoms with Crippen LogP contribution in [0, 0.1) is 6.92 Å². The average molecular weight is 349 g/mol. The van der Waals surface area contributed by atoms with E-state index in [0.717, 1.165) is 15.7 Å². The van der Waals surface area contributed by atoms with Crippen molar-refractivity contribution >= 4 is 11.6 Å². The fraction of sp³-hybridized carbons (Fsp3) is 0.150. The molecule has 26 heavy (non-hydrogen) atoms. The van der Waals surface area contributed by atoms with Crippen LogP contribution >= 0.6 is 0 Å². The van der Waals surface area contributed by atoms with Gasteiger partial charge in [0.25, 0.3) is 0 Å². The second-order valence-electron chi connectivity index (χ2n) is 6.06. The third kappa shape index (κ3) is 4.16. The van der Waals surface area contributed by atoms with E-state index >= 15 is 0 Å². The average Bonchev–Trinajstić information content (AvgIpc) is 2.64. The van der Waals surface area contributed by atoms with Crippen LogP contribution in [-0.4, -0.2) is 15.0 Å². The molecule has 1 N–H and O–H groups in total. The lowest BCUT2D eigenvalue weighted by atomic mass is 10.1. The van der Waals surface area contributed by atoms with Crippen LogP contribution < -0.4 is 16.4 Å². The Morgan fingerprint density at radius 2 is 1.50 bits per heavy atom. The SMILES string of the molecule is Cc1ccc(Cn2ccn(CC(=O)Nc3ccccc3)c(=O)c2=O)cc1. The topological polar surface area (TPSA) is 73.1 Å². The highest BCUT2D eigenvalue weighted by atomic mass is 16.2. The van der Waals surface area contributed by atoms with Crippen LogP contribution in [0.25, 0.3) is 0 Å². The number of hydrogen-bond acceptors (Lipinski definition) is 3. The van der Waals surface area contributed by atoms with Gasteiger partial charge in [0.05, 0.1) is 6.54 Å². The van der Waals surface area contributed by atoms with Gasteiger partial charge >= 0.3 is 11.1 Å². The molecule has 0 bridgehead atoms. The number of carbonyl (C=O) groups is 1. The van der Waals surface area contributed by atoms with Gasteiger partial charge in [-0.1, -0.05) is 48.0 Å². The maximum atomic E-state index is 12.3. The van der Waals surface area contributed by atoms with E-state index < -0.39 is 11.1 Å². The Labute approximate surface area is 150 Å². The van der Waals surface area contributed by atoms with Crippen LogP contribution in [0.2, 0.25) is 0 Å². The summed E-state index contributed by atoms with van der Waals surface area (Å²) in [5, 5.41) is 2.69. The van der Waals surface area contributed by atoms with Crippen LogP contribution in [0.4, 0.5) is 5.69 Å². The van der Waals surface area contributed by atoms with E-state index in [1.807, 2.05) is 37.3 Å². The first-order chi connectivity index (χ1) is 12.5. The zero-order valence-corrected chi connectivity index (χ0v) is 14.4. The van der Waals surface area contributed by atoms with Gasteiger partial charge in [0, 0.05) is 18.1 Å². The van der Waals surface area contributed by atoms with Crippen molar-refractivity contribution in [3.05, 3.63) is 98.8 Å². The van der Waals surface area contributed by atoms with Crippen molar-refractivity contribution in [2.45, 2.75) is 20.0 Å². The van der Waals surface area contributed by atoms with E-state index in [-0.39, 0.29) is 12.5 Å². The van der Waals surface area contributed by atoms with Gasteiger partial charge in [0.15, 0.2) is 0 Å². The molecule has 3 rings (SSSR count). The Bertz CT molecular complexity index is 1020. The molecule has 0 fully saturated rings. The Hall–Kier alpha value is -3.41. The van der Waals surface area contributed by atoms with E-state index in [9.17, 15) is 14.4 Å². The summed E-state index contributed by atoms with van der Waals surface area (Å²) < 4.78 is 2.46. The number of rotatable bonds is 5. The molecular weight excluding hydrogens is 330 g/mol. The van der Waals surface area contributed by atoms with Gasteiger partial charge < -0.3 is 9.88 Å². The maximum Gasteiger partial charge on any atom is 0.316 e. The van der Waals surface area contributed by atoms with Crippen LogP contribution in [0.3, 0.4) is 0 Å². The van der Waals surface area contributed by atoms with Gasteiger partial charge in [-0.15, -0.1) is 0 Å². The zero-order chi connectivity index (χ0) is 18.5. The van der Waals surface area contributed by atoms with E-state index in [1.165, 1.54) is 17.0 Å². The predicted molar refractivity (Wildman–Crippen MR) is 100 cm³/mol. The molecule has 0 saturated carbocycles. The third-order valence-electron chi connectivity index (χ3n) is 3.98. The van der Waals surface area contributed by atoms with Crippen molar-refractivity contribution in [1.82, 2.24) is 9.13 Å². The lowest BCUT2D eigenvalue weighted by molar-refractivity contribution is -0.116. The van der Waals surface area contributed by atoms with Gasteiger partial charge in [-0.05, 0) is 24.6 Å². The molecule has 0 aliphatic carbocycles. The first-order valence-corrected chi connectivity index (χ1v) is 8.23. The predicted octanol–water partition coefficient (Wildman–Crippen LogP) is 2.01. The quantitative estimate of drug-likeness (QED) is 0.716. The first kappa shape index (κ1) is 17.4. The highest BCUT2D eigenvalue weighted by Crippen LogP contribution is 2.05. The molecule has 132 valence electrons. The molecule has 1 heterocycles. The molecule has 6 heteroatoms. The lowest BCUT2D eigenvalue weighted by Gasteiger charge is -2.10. The molecule has 1 amide bonds. The minimum atomic E-state index is -0.720. The summed E-state index contributed by atoms with van der Waals surface area (Å²) in [5.74, 6) is -0.367. The fourth-order valence-corrected chi connectivity index (χ4v) is 2.56. The van der Waals surface area contributed by atoms with E-state index in [0.29, 0.717) is 12.2 Å². The first-order valence-electron chi connectivity index (χ1n) is 8.23. The van der Waals surface area contributed by atoms with E-state index in [4.69, 9.17) is 0 Å². The minimum absolute atomic E-state index is 0.214. The second kappa shape index (κ2) is 7.65. The third-order valence-corrected chi connectivity index (χ3v) is 3.98. The van der Waals surface area contributed by atoms with Gasteiger partial charge in [-0.3, -0.25) is 19.0 Å². The van der Waals surface area contributed by atoms with Gasteiger partial charge in [-0.25, -0.2) is 0 Å². The minimum Gasteiger partial charge on any atom is -0.325 e. The Balaban J connectivity index is 1.75. The molecule has 0 saturated heterocycles. The van der Waals surface area contributed by atoms with Gasteiger partial charge in [0.2, 0.25) is 5.91 Å². The number of anilines is 1. The fourth-order valence-electron chi connectivity index (χ4n) is 2.56. The number of nitrogens with zero attached hydrogens (tertiary/aromatic N) is 2. The number of para-hydroxylation sites is 1. The molecule has 3 aromatic rings. The standard InChI is InChI=1S/C20H19N3O3/c1-15-7-9-16(10-8-15)13-22-11-12-23(20(26)19(22)25)14-18(24)21-17-5-3-2-4-6-17/h2-12H,13-14H2,1H3,(H,21,24). The van der Waals surface area contributed by atoms with Crippen molar-refractivity contribution < 1.29 is 4.79 Å². The maximum absolute atomic E-state index is 12.3. The molecule has 0 radical (unpaired) electrons. The van der Waals surface area contributed by atoms with Gasteiger partial charge in [0.1, 0.15) is 6.54 Å². The summed E-state index contributed by atoms with van der Waals surface area (Å²) in [6, 6.07) is 16.7. The molecule has 0 spiro atoms. The van der Waals surface area contributed by atoms with Crippen LogP contribution in [0.15, 0.2) is 76.6 Å². The van der Waals surface area contributed by atoms with Crippen molar-refractivity contribution in [2.24, 2.45) is 0 Å². The summed E-state index contributed by atoms with van der Waals surface area (Å²) in [4.78, 5) is 36.6. The molecule has 0 atom stereocenters. The molecule has 2 aromatic carbocycles. The van der Waals surface area contributed by atoms with Gasteiger partial charge in [-0.2, -0.15) is 0 Å². The van der Waals surface area contributed by atoms with Crippen molar-refractivity contribution in [3.63, 3.8) is 0 Å². The summed E-state index contributed by atoms with van der Waals surface area (Å²) >= 11 is 0. The zero-order valence-electron chi connectivity index (χ0n) is 14.4. The van der Waals surface area contributed by atoms with Crippen LogP contribution in [-0.2, 0) is 17.9 Å². The summed E-state index contributed by atoms with van der Waals surface area (Å²) in [6.45, 7) is 2.08. The number of hydrogen-bond donors (Lipinski definition) is 1. The molecule has 0 aliphatic heterocycles. The molecule has 0 unspecified atom stereocenters. The largest absolute Gasteiger partial charge is 0.325 e. The normalized spacial score (nSPS) is 10.5. The number of aromatic nitrogens is 2. The lowest BCUT2D eigenvalue weighted by Crippen LogP contribution is -2.42. The number of nitrogens with one attached hydrogen (secondary N) is 1. The highest BCUT2D eigenvalue weighted by Gasteiger charge is 2.09. The van der Waals surface area contributed by atoms with Crippen molar-refractivity contribution in [3.8, 4) is 0 Å². The number of aryl methyl sites for hydroxylation is 1. The van der Waals surface area contributed by atoms with Crippen LogP contribution in [0.5, 0.6) is 0 Å². The van der Waals surface area contributed by atoms with Crippen LogP contribution in [0.1, 0.15) is 11.1 Å². The Kier molecular flexibility index (Phi) is 5.12.